The second kappa shape index (κ2) is 6.15. The third-order valence-corrected chi connectivity index (χ3v) is 5.05. The Morgan fingerprint density at radius 3 is 2.84 bits per heavy atom. The van der Waals surface area contributed by atoms with Crippen LogP contribution in [0.4, 0.5) is 0 Å². The molecule has 0 spiro atoms. The average Bonchev–Trinajstić information content (AvgIpc) is 3.06. The summed E-state index contributed by atoms with van der Waals surface area (Å²) in [5.74, 6) is 0.186. The van der Waals surface area contributed by atoms with Crippen molar-refractivity contribution in [2.45, 2.75) is 18.3 Å². The molecule has 128 valence electrons. The fourth-order valence-corrected chi connectivity index (χ4v) is 3.70. The van der Waals surface area contributed by atoms with Gasteiger partial charge in [-0.2, -0.15) is 0 Å². The smallest absolute Gasteiger partial charge is 0.339 e. The van der Waals surface area contributed by atoms with Crippen LogP contribution in [-0.4, -0.2) is 32.6 Å². The van der Waals surface area contributed by atoms with Crippen molar-refractivity contribution < 1.29 is 9.53 Å². The first kappa shape index (κ1) is 16.1. The number of carbonyl (C=O) groups excluding carboxylic acids is 1. The number of esters is 1. The zero-order chi connectivity index (χ0) is 17.6. The van der Waals surface area contributed by atoms with Gasteiger partial charge in [0, 0.05) is 47.1 Å². The van der Waals surface area contributed by atoms with Gasteiger partial charge in [-0.15, -0.1) is 5.10 Å². The monoisotopic (exact) mass is 400 g/mol. The van der Waals surface area contributed by atoms with Crippen LogP contribution < -0.4 is 0 Å². The first-order valence-corrected chi connectivity index (χ1v) is 8.79. The van der Waals surface area contributed by atoms with E-state index in [1.807, 2.05) is 49.8 Å². The Hall–Kier alpha value is -2.41. The van der Waals surface area contributed by atoms with E-state index in [0.717, 1.165) is 28.0 Å². The Bertz CT molecular complexity index is 946. The van der Waals surface area contributed by atoms with Crippen molar-refractivity contribution in [2.75, 3.05) is 7.11 Å². The fraction of sp³-hybridized carbons (Fsp3) is 0.278. The normalized spacial score (nSPS) is 19.0. The standard InChI is InChI=1S/C18H17BrN4O2/c1-22-10-16(20-21-22)14-9-15(14)17-13(18(24)25-2)6-7-23(17)12-5-3-4-11(19)8-12/h3-8,10,14-15H,9H2,1-2H3/t14-,15-/m0/s1. The molecule has 1 saturated carbocycles. The summed E-state index contributed by atoms with van der Waals surface area (Å²) in [6.07, 6.45) is 4.81. The maximum absolute atomic E-state index is 12.2. The van der Waals surface area contributed by atoms with Gasteiger partial charge in [0.15, 0.2) is 0 Å². The van der Waals surface area contributed by atoms with Crippen LogP contribution in [0, 0.1) is 0 Å². The molecule has 4 rings (SSSR count). The molecule has 6 nitrogen and oxygen atoms in total. The number of ether oxygens (including phenoxy) is 1. The average molecular weight is 401 g/mol. The molecule has 2 atom stereocenters. The van der Waals surface area contributed by atoms with Gasteiger partial charge < -0.3 is 9.30 Å². The molecule has 0 saturated heterocycles. The van der Waals surface area contributed by atoms with E-state index in [9.17, 15) is 4.79 Å². The second-order valence-electron chi connectivity index (χ2n) is 6.22. The highest BCUT2D eigenvalue weighted by Crippen LogP contribution is 2.55. The molecule has 2 aromatic heterocycles. The van der Waals surface area contributed by atoms with Crippen molar-refractivity contribution in [3.63, 3.8) is 0 Å². The second-order valence-corrected chi connectivity index (χ2v) is 7.14. The molecule has 2 heterocycles. The lowest BCUT2D eigenvalue weighted by molar-refractivity contribution is 0.0599. The molecule has 1 fully saturated rings. The lowest BCUT2D eigenvalue weighted by Crippen LogP contribution is -2.07. The van der Waals surface area contributed by atoms with Crippen LogP contribution in [0.25, 0.3) is 5.69 Å². The van der Waals surface area contributed by atoms with E-state index < -0.39 is 0 Å². The van der Waals surface area contributed by atoms with Crippen molar-refractivity contribution in [2.24, 2.45) is 7.05 Å². The van der Waals surface area contributed by atoms with E-state index in [0.29, 0.717) is 5.56 Å². The van der Waals surface area contributed by atoms with Crippen molar-refractivity contribution in [3.05, 3.63) is 64.1 Å². The molecule has 0 amide bonds. The molecule has 25 heavy (non-hydrogen) atoms. The van der Waals surface area contributed by atoms with Crippen LogP contribution in [0.5, 0.6) is 0 Å². The van der Waals surface area contributed by atoms with Crippen molar-refractivity contribution in [3.8, 4) is 5.69 Å². The number of benzene rings is 1. The van der Waals surface area contributed by atoms with Crippen LogP contribution in [0.1, 0.15) is 40.0 Å². The Morgan fingerprint density at radius 1 is 1.32 bits per heavy atom. The van der Waals surface area contributed by atoms with Gasteiger partial charge in [0.05, 0.1) is 18.4 Å². The Morgan fingerprint density at radius 2 is 2.16 bits per heavy atom. The first-order chi connectivity index (χ1) is 12.1. The van der Waals surface area contributed by atoms with E-state index in [2.05, 4.69) is 30.8 Å². The van der Waals surface area contributed by atoms with Crippen LogP contribution in [0.3, 0.4) is 0 Å². The highest BCUT2D eigenvalue weighted by Gasteiger charge is 2.45. The highest BCUT2D eigenvalue weighted by molar-refractivity contribution is 9.10. The van der Waals surface area contributed by atoms with Gasteiger partial charge in [0.2, 0.25) is 0 Å². The first-order valence-electron chi connectivity index (χ1n) is 8.00. The van der Waals surface area contributed by atoms with Crippen LogP contribution in [-0.2, 0) is 11.8 Å². The predicted molar refractivity (Wildman–Crippen MR) is 95.9 cm³/mol. The summed E-state index contributed by atoms with van der Waals surface area (Å²) in [4.78, 5) is 12.2. The number of methoxy groups -OCH3 is 1. The molecule has 0 N–H and O–H groups in total. The van der Waals surface area contributed by atoms with Crippen molar-refractivity contribution in [1.29, 1.82) is 0 Å². The third kappa shape index (κ3) is 2.89. The summed E-state index contributed by atoms with van der Waals surface area (Å²) in [6.45, 7) is 0. The van der Waals surface area contributed by atoms with E-state index in [4.69, 9.17) is 4.74 Å². The van der Waals surface area contributed by atoms with Gasteiger partial charge in [0.25, 0.3) is 0 Å². The topological polar surface area (TPSA) is 61.9 Å². The lowest BCUT2D eigenvalue weighted by Gasteiger charge is -2.11. The Balaban J connectivity index is 1.77. The molecule has 1 aromatic carbocycles. The summed E-state index contributed by atoms with van der Waals surface area (Å²) in [5, 5.41) is 8.25. The van der Waals surface area contributed by atoms with Gasteiger partial charge >= 0.3 is 5.97 Å². The summed E-state index contributed by atoms with van der Waals surface area (Å²) in [5.41, 5.74) is 3.55. The molecule has 3 aromatic rings. The van der Waals surface area contributed by atoms with Gasteiger partial charge in [-0.1, -0.05) is 27.2 Å². The quantitative estimate of drug-likeness (QED) is 0.629. The molecule has 0 radical (unpaired) electrons. The molecule has 0 unspecified atom stereocenters. The van der Waals surface area contributed by atoms with Gasteiger partial charge in [-0.3, -0.25) is 4.68 Å². The predicted octanol–water partition coefficient (Wildman–Crippen LogP) is 3.43. The summed E-state index contributed by atoms with van der Waals surface area (Å²) >= 11 is 3.51. The highest BCUT2D eigenvalue weighted by atomic mass is 79.9. The molecule has 0 aliphatic heterocycles. The van der Waals surface area contributed by atoms with E-state index in [-0.39, 0.29) is 17.8 Å². The fourth-order valence-electron chi connectivity index (χ4n) is 3.32. The number of halogens is 1. The van der Waals surface area contributed by atoms with Gasteiger partial charge in [-0.05, 0) is 30.7 Å². The van der Waals surface area contributed by atoms with E-state index in [1.165, 1.54) is 7.11 Å². The van der Waals surface area contributed by atoms with Crippen LogP contribution in [0.15, 0.2) is 47.2 Å². The number of aryl methyl sites for hydroxylation is 1. The zero-order valence-corrected chi connectivity index (χ0v) is 15.5. The molecular formula is C18H17BrN4O2. The molecule has 1 aliphatic carbocycles. The lowest BCUT2D eigenvalue weighted by atomic mass is 10.1. The Labute approximate surface area is 153 Å². The van der Waals surface area contributed by atoms with Gasteiger partial charge in [-0.25, -0.2) is 4.79 Å². The van der Waals surface area contributed by atoms with E-state index >= 15 is 0 Å². The van der Waals surface area contributed by atoms with Crippen LogP contribution >= 0.6 is 15.9 Å². The largest absolute Gasteiger partial charge is 0.465 e. The zero-order valence-electron chi connectivity index (χ0n) is 13.9. The molecule has 1 aliphatic rings. The number of hydrogen-bond donors (Lipinski definition) is 0. The van der Waals surface area contributed by atoms with Crippen molar-refractivity contribution in [1.82, 2.24) is 19.6 Å². The Kier molecular flexibility index (Phi) is 3.95. The minimum absolute atomic E-state index is 0.222. The number of rotatable bonds is 4. The molecule has 0 bridgehead atoms. The third-order valence-electron chi connectivity index (χ3n) is 4.56. The van der Waals surface area contributed by atoms with Gasteiger partial charge in [0.1, 0.15) is 0 Å². The number of hydrogen-bond acceptors (Lipinski definition) is 4. The molecular weight excluding hydrogens is 384 g/mol. The summed E-state index contributed by atoms with van der Waals surface area (Å²) in [6, 6.07) is 9.84. The minimum atomic E-state index is -0.312. The summed E-state index contributed by atoms with van der Waals surface area (Å²) < 4.78 is 9.75. The molecule has 7 heteroatoms. The number of carbonyl (C=O) groups is 1. The maximum Gasteiger partial charge on any atom is 0.339 e. The SMILES string of the molecule is COC(=O)c1ccn(-c2cccc(Br)c2)c1[C@H]1C[C@@H]1c1cn(C)nn1. The minimum Gasteiger partial charge on any atom is -0.465 e. The summed E-state index contributed by atoms with van der Waals surface area (Å²) in [7, 11) is 3.27. The maximum atomic E-state index is 12.2. The number of aromatic nitrogens is 4. The number of nitrogens with zero attached hydrogens (tertiary/aromatic N) is 4. The van der Waals surface area contributed by atoms with Crippen LogP contribution in [0.2, 0.25) is 0 Å². The van der Waals surface area contributed by atoms with E-state index in [1.54, 1.807) is 4.68 Å². The van der Waals surface area contributed by atoms with Crippen molar-refractivity contribution >= 4 is 21.9 Å².